The van der Waals surface area contributed by atoms with Crippen molar-refractivity contribution in [1.29, 1.82) is 0 Å². The fourth-order valence-electron chi connectivity index (χ4n) is 2.98. The molecule has 1 saturated carbocycles. The van der Waals surface area contributed by atoms with Gasteiger partial charge in [-0.05, 0) is 36.6 Å². The molecule has 1 aliphatic rings. The van der Waals surface area contributed by atoms with Gasteiger partial charge in [-0.1, -0.05) is 24.3 Å². The maximum atomic E-state index is 11.8. The molecule has 1 aliphatic carbocycles. The van der Waals surface area contributed by atoms with Crippen molar-refractivity contribution in [3.05, 3.63) is 53.4 Å². The zero-order chi connectivity index (χ0) is 19.5. The summed E-state index contributed by atoms with van der Waals surface area (Å²) in [7, 11) is 3.25. The van der Waals surface area contributed by atoms with Crippen LogP contribution in [-0.2, 0) is 11.3 Å². The normalized spacial score (nSPS) is 13.2. The van der Waals surface area contributed by atoms with Crippen molar-refractivity contribution in [3.8, 4) is 33.3 Å². The smallest absolute Gasteiger partial charge is 0.223 e. The minimum absolute atomic E-state index is 0.170. The maximum absolute atomic E-state index is 11.8. The van der Waals surface area contributed by atoms with Gasteiger partial charge in [-0.2, -0.15) is 0 Å². The van der Waals surface area contributed by atoms with Gasteiger partial charge >= 0.3 is 0 Å². The predicted octanol–water partition coefficient (Wildman–Crippen LogP) is 4.52. The third kappa shape index (κ3) is 4.02. The van der Waals surface area contributed by atoms with E-state index in [-0.39, 0.29) is 11.8 Å². The Balaban J connectivity index is 1.47. The number of nitrogens with one attached hydrogen (secondary N) is 1. The van der Waals surface area contributed by atoms with E-state index in [1.54, 1.807) is 25.6 Å². The molecule has 1 amide bonds. The van der Waals surface area contributed by atoms with Crippen molar-refractivity contribution in [2.75, 3.05) is 14.2 Å². The zero-order valence-electron chi connectivity index (χ0n) is 15.9. The first-order valence-corrected chi connectivity index (χ1v) is 10.1. The van der Waals surface area contributed by atoms with E-state index in [1.165, 1.54) is 0 Å². The maximum Gasteiger partial charge on any atom is 0.223 e. The lowest BCUT2D eigenvalue weighted by Gasteiger charge is -2.08. The van der Waals surface area contributed by atoms with Gasteiger partial charge in [0.1, 0.15) is 5.01 Å². The Bertz CT molecular complexity index is 978. The summed E-state index contributed by atoms with van der Waals surface area (Å²) < 4.78 is 10.7. The number of thiazole rings is 1. The van der Waals surface area contributed by atoms with Crippen LogP contribution in [0, 0.1) is 5.92 Å². The molecule has 1 fully saturated rings. The number of methoxy groups -OCH3 is 2. The summed E-state index contributed by atoms with van der Waals surface area (Å²) in [5.74, 6) is 1.80. The first-order valence-electron chi connectivity index (χ1n) is 9.23. The van der Waals surface area contributed by atoms with Crippen LogP contribution in [0.1, 0.15) is 18.4 Å². The van der Waals surface area contributed by atoms with Crippen molar-refractivity contribution in [2.24, 2.45) is 5.92 Å². The molecule has 144 valence electrons. The number of rotatable bonds is 7. The molecule has 0 unspecified atom stereocenters. The SMILES string of the molecule is COc1ccc(-c2csc(-c3ccc(CNC(=O)C4CC4)cc3)n2)cc1OC. The molecule has 0 bridgehead atoms. The fourth-order valence-corrected chi connectivity index (χ4v) is 3.81. The van der Waals surface area contributed by atoms with E-state index in [9.17, 15) is 4.79 Å². The topological polar surface area (TPSA) is 60.5 Å². The number of nitrogens with zero attached hydrogens (tertiary/aromatic N) is 1. The number of aromatic nitrogens is 1. The second-order valence-electron chi connectivity index (χ2n) is 6.80. The van der Waals surface area contributed by atoms with Gasteiger partial charge in [-0.15, -0.1) is 11.3 Å². The van der Waals surface area contributed by atoms with Gasteiger partial charge < -0.3 is 14.8 Å². The average Bonchev–Trinajstić information content (AvgIpc) is 3.48. The molecule has 1 aromatic heterocycles. The summed E-state index contributed by atoms with van der Waals surface area (Å²) in [5.41, 5.74) is 4.05. The van der Waals surface area contributed by atoms with Crippen LogP contribution in [0.2, 0.25) is 0 Å². The van der Waals surface area contributed by atoms with Gasteiger partial charge in [0.2, 0.25) is 5.91 Å². The number of carbonyl (C=O) groups excluding carboxylic acids is 1. The Hall–Kier alpha value is -2.86. The number of hydrogen-bond donors (Lipinski definition) is 1. The van der Waals surface area contributed by atoms with Gasteiger partial charge in [0.15, 0.2) is 11.5 Å². The summed E-state index contributed by atoms with van der Waals surface area (Å²) in [5, 5.41) is 5.99. The van der Waals surface area contributed by atoms with Crippen molar-refractivity contribution in [1.82, 2.24) is 10.3 Å². The molecule has 0 radical (unpaired) electrons. The molecule has 0 atom stereocenters. The number of hydrogen-bond acceptors (Lipinski definition) is 5. The van der Waals surface area contributed by atoms with Crippen LogP contribution in [0.4, 0.5) is 0 Å². The van der Waals surface area contributed by atoms with Crippen LogP contribution in [0.3, 0.4) is 0 Å². The Morgan fingerprint density at radius 2 is 1.79 bits per heavy atom. The van der Waals surface area contributed by atoms with Gasteiger partial charge in [0, 0.05) is 29.0 Å². The van der Waals surface area contributed by atoms with Gasteiger partial charge in [-0.25, -0.2) is 4.98 Å². The summed E-state index contributed by atoms with van der Waals surface area (Å²) in [6.45, 7) is 0.574. The zero-order valence-corrected chi connectivity index (χ0v) is 16.7. The van der Waals surface area contributed by atoms with Crippen molar-refractivity contribution >= 4 is 17.2 Å². The average molecular weight is 394 g/mol. The number of amides is 1. The highest BCUT2D eigenvalue weighted by atomic mass is 32.1. The van der Waals surface area contributed by atoms with Crippen LogP contribution < -0.4 is 14.8 Å². The summed E-state index contributed by atoms with van der Waals surface area (Å²) in [6.07, 6.45) is 2.05. The largest absolute Gasteiger partial charge is 0.493 e. The molecule has 5 nitrogen and oxygen atoms in total. The van der Waals surface area contributed by atoms with Gasteiger partial charge in [-0.3, -0.25) is 4.79 Å². The number of benzene rings is 2. The Kier molecular flexibility index (Phi) is 5.30. The molecule has 0 spiro atoms. The van der Waals surface area contributed by atoms with Crippen molar-refractivity contribution in [2.45, 2.75) is 19.4 Å². The predicted molar refractivity (Wildman–Crippen MR) is 111 cm³/mol. The van der Waals surface area contributed by atoms with E-state index in [2.05, 4.69) is 17.4 Å². The lowest BCUT2D eigenvalue weighted by Crippen LogP contribution is -2.24. The van der Waals surface area contributed by atoms with Gasteiger partial charge in [0.05, 0.1) is 19.9 Å². The number of ether oxygens (including phenoxy) is 2. The monoisotopic (exact) mass is 394 g/mol. The second kappa shape index (κ2) is 8.02. The fraction of sp³-hybridized carbons (Fsp3) is 0.273. The Morgan fingerprint density at radius 1 is 1.07 bits per heavy atom. The molecular formula is C22H22N2O3S. The van der Waals surface area contributed by atoms with Crippen LogP contribution >= 0.6 is 11.3 Å². The Labute approximate surface area is 168 Å². The summed E-state index contributed by atoms with van der Waals surface area (Å²) in [4.78, 5) is 16.5. The standard InChI is InChI=1S/C22H22N2O3S/c1-26-19-10-9-17(11-20(19)27-2)18-13-28-22(24-18)16-5-3-14(4-6-16)12-23-21(25)15-7-8-15/h3-6,9-11,13,15H,7-8,12H2,1-2H3,(H,23,25). The van der Waals surface area contributed by atoms with Crippen LogP contribution in [0.25, 0.3) is 21.8 Å². The molecule has 0 saturated heterocycles. The quantitative estimate of drug-likeness (QED) is 0.640. The highest BCUT2D eigenvalue weighted by Crippen LogP contribution is 2.34. The van der Waals surface area contributed by atoms with E-state index < -0.39 is 0 Å². The third-order valence-corrected chi connectivity index (χ3v) is 5.69. The van der Waals surface area contributed by atoms with E-state index in [1.807, 2.05) is 35.7 Å². The van der Waals surface area contributed by atoms with Crippen molar-refractivity contribution in [3.63, 3.8) is 0 Å². The van der Waals surface area contributed by atoms with E-state index >= 15 is 0 Å². The van der Waals surface area contributed by atoms with Crippen LogP contribution in [0.15, 0.2) is 47.8 Å². The summed E-state index contributed by atoms with van der Waals surface area (Å²) >= 11 is 1.60. The molecule has 0 aliphatic heterocycles. The molecule has 3 aromatic rings. The molecule has 28 heavy (non-hydrogen) atoms. The molecular weight excluding hydrogens is 372 g/mol. The van der Waals surface area contributed by atoms with Crippen molar-refractivity contribution < 1.29 is 14.3 Å². The highest BCUT2D eigenvalue weighted by Gasteiger charge is 2.29. The minimum Gasteiger partial charge on any atom is -0.493 e. The third-order valence-electron chi connectivity index (χ3n) is 4.80. The first kappa shape index (κ1) is 18.5. The second-order valence-corrected chi connectivity index (χ2v) is 7.65. The summed E-state index contributed by atoms with van der Waals surface area (Å²) in [6, 6.07) is 14.0. The molecule has 1 heterocycles. The van der Waals surface area contributed by atoms with E-state index in [0.29, 0.717) is 18.0 Å². The van der Waals surface area contributed by atoms with Crippen LogP contribution in [0.5, 0.6) is 11.5 Å². The van der Waals surface area contributed by atoms with Crippen LogP contribution in [-0.4, -0.2) is 25.1 Å². The van der Waals surface area contributed by atoms with Gasteiger partial charge in [0.25, 0.3) is 0 Å². The molecule has 6 heteroatoms. The first-order chi connectivity index (χ1) is 13.7. The van der Waals surface area contributed by atoms with E-state index in [4.69, 9.17) is 14.5 Å². The molecule has 2 aromatic carbocycles. The lowest BCUT2D eigenvalue weighted by molar-refractivity contribution is -0.122. The molecule has 1 N–H and O–H groups in total. The highest BCUT2D eigenvalue weighted by molar-refractivity contribution is 7.13. The number of carbonyl (C=O) groups is 1. The van der Waals surface area contributed by atoms with E-state index in [0.717, 1.165) is 40.2 Å². The minimum atomic E-state index is 0.170. The molecule has 4 rings (SSSR count). The lowest BCUT2D eigenvalue weighted by atomic mass is 10.1. The Morgan fingerprint density at radius 3 is 2.46 bits per heavy atom.